The van der Waals surface area contributed by atoms with Crippen LogP contribution in [0, 0.1) is 0 Å². The van der Waals surface area contributed by atoms with Gasteiger partial charge in [-0.15, -0.1) is 0 Å². The Kier molecular flexibility index (Phi) is 8.86. The van der Waals surface area contributed by atoms with Crippen molar-refractivity contribution in [1.82, 2.24) is 9.88 Å². The number of anilines is 2. The summed E-state index contributed by atoms with van der Waals surface area (Å²) in [5.74, 6) is 2.83. The number of halogens is 1. The molecule has 0 radical (unpaired) electrons. The minimum absolute atomic E-state index is 0.0928. The summed E-state index contributed by atoms with van der Waals surface area (Å²) in [5, 5.41) is 3.44. The molecule has 0 atom stereocenters. The third-order valence-corrected chi connectivity index (χ3v) is 6.20. The Morgan fingerprint density at radius 2 is 1.69 bits per heavy atom. The van der Waals surface area contributed by atoms with Crippen LogP contribution in [0.25, 0.3) is 0 Å². The van der Waals surface area contributed by atoms with Crippen LogP contribution in [-0.2, 0) is 11.3 Å². The number of carbonyl (C=O) groups is 1. The second-order valence-corrected chi connectivity index (χ2v) is 8.97. The van der Waals surface area contributed by atoms with Crippen molar-refractivity contribution >= 4 is 29.0 Å². The van der Waals surface area contributed by atoms with Crippen molar-refractivity contribution in [2.75, 3.05) is 57.2 Å². The van der Waals surface area contributed by atoms with E-state index in [1.807, 2.05) is 18.2 Å². The van der Waals surface area contributed by atoms with Gasteiger partial charge in [0.25, 0.3) is 5.91 Å². The number of methoxy groups -OCH3 is 2. The van der Waals surface area contributed by atoms with Gasteiger partial charge in [-0.1, -0.05) is 11.6 Å². The summed E-state index contributed by atoms with van der Waals surface area (Å²) in [6, 6.07) is 16.7. The molecule has 1 N–H and O–H groups in total. The van der Waals surface area contributed by atoms with Crippen molar-refractivity contribution in [2.45, 2.75) is 13.0 Å². The molecular weight excluding hydrogens is 480 g/mol. The Balaban J connectivity index is 1.27. The highest BCUT2D eigenvalue weighted by Gasteiger charge is 2.17. The van der Waals surface area contributed by atoms with E-state index in [2.05, 4.69) is 32.2 Å². The van der Waals surface area contributed by atoms with Gasteiger partial charge in [0.1, 0.15) is 23.1 Å². The lowest BCUT2D eigenvalue weighted by Crippen LogP contribution is -2.31. The molecule has 0 aliphatic carbocycles. The van der Waals surface area contributed by atoms with Crippen LogP contribution in [0.5, 0.6) is 17.2 Å². The molecule has 1 aliphatic heterocycles. The maximum atomic E-state index is 12.2. The van der Waals surface area contributed by atoms with Gasteiger partial charge in [0.15, 0.2) is 6.61 Å². The largest absolute Gasteiger partial charge is 0.497 e. The highest BCUT2D eigenvalue weighted by molar-refractivity contribution is 6.30. The minimum Gasteiger partial charge on any atom is -0.497 e. The molecule has 4 rings (SSSR count). The number of benzene rings is 2. The number of amides is 1. The molecule has 0 saturated carbocycles. The first-order valence-electron chi connectivity index (χ1n) is 11.9. The molecule has 1 aromatic heterocycles. The van der Waals surface area contributed by atoms with Crippen LogP contribution >= 0.6 is 11.6 Å². The van der Waals surface area contributed by atoms with Gasteiger partial charge in [-0.05, 0) is 60.5 Å². The molecule has 36 heavy (non-hydrogen) atoms. The third kappa shape index (κ3) is 7.26. The molecule has 0 unspecified atom stereocenters. The van der Waals surface area contributed by atoms with Gasteiger partial charge in [-0.2, -0.15) is 0 Å². The Morgan fingerprint density at radius 3 is 2.36 bits per heavy atom. The average Bonchev–Trinajstić information content (AvgIpc) is 3.14. The number of rotatable bonds is 9. The highest BCUT2D eigenvalue weighted by atomic mass is 35.5. The van der Waals surface area contributed by atoms with Crippen LogP contribution in [-0.4, -0.2) is 62.8 Å². The fraction of sp³-hybridized carbons (Fsp3) is 0.333. The third-order valence-electron chi connectivity index (χ3n) is 5.95. The number of nitrogens with one attached hydrogen (secondary N) is 1. The van der Waals surface area contributed by atoms with Gasteiger partial charge < -0.3 is 24.4 Å². The van der Waals surface area contributed by atoms with Crippen LogP contribution in [0.1, 0.15) is 12.0 Å². The lowest BCUT2D eigenvalue weighted by Gasteiger charge is -2.23. The van der Waals surface area contributed by atoms with Crippen molar-refractivity contribution in [3.05, 3.63) is 71.4 Å². The Labute approximate surface area is 216 Å². The van der Waals surface area contributed by atoms with E-state index in [1.54, 1.807) is 44.7 Å². The molecule has 1 saturated heterocycles. The zero-order valence-electron chi connectivity index (χ0n) is 20.6. The molecule has 8 nitrogen and oxygen atoms in total. The summed E-state index contributed by atoms with van der Waals surface area (Å²) in [4.78, 5) is 21.5. The van der Waals surface area contributed by atoms with E-state index in [-0.39, 0.29) is 12.5 Å². The average molecular weight is 511 g/mol. The Morgan fingerprint density at radius 1 is 0.944 bits per heavy atom. The monoisotopic (exact) mass is 510 g/mol. The number of hydrogen-bond donors (Lipinski definition) is 1. The van der Waals surface area contributed by atoms with Crippen LogP contribution in [0.3, 0.4) is 0 Å². The predicted molar refractivity (Wildman–Crippen MR) is 141 cm³/mol. The number of pyridine rings is 1. The van der Waals surface area contributed by atoms with Gasteiger partial charge in [0.2, 0.25) is 0 Å². The summed E-state index contributed by atoms with van der Waals surface area (Å²) in [5.41, 5.74) is 1.80. The fourth-order valence-corrected chi connectivity index (χ4v) is 4.22. The number of aromatic nitrogens is 1. The normalized spacial score (nSPS) is 14.1. The molecule has 2 heterocycles. The second kappa shape index (κ2) is 12.5. The molecule has 0 bridgehead atoms. The smallest absolute Gasteiger partial charge is 0.262 e. The van der Waals surface area contributed by atoms with Crippen molar-refractivity contribution in [3.63, 3.8) is 0 Å². The van der Waals surface area contributed by atoms with E-state index < -0.39 is 0 Å². The van der Waals surface area contributed by atoms with Crippen LogP contribution in [0.2, 0.25) is 5.02 Å². The summed E-state index contributed by atoms with van der Waals surface area (Å²) in [6.07, 6.45) is 2.71. The van der Waals surface area contributed by atoms with E-state index in [9.17, 15) is 4.79 Å². The number of nitrogens with zero attached hydrogens (tertiary/aromatic N) is 3. The quantitative estimate of drug-likeness (QED) is 0.454. The maximum Gasteiger partial charge on any atom is 0.262 e. The summed E-state index contributed by atoms with van der Waals surface area (Å²) in [6.45, 7) is 4.45. The Hall–Kier alpha value is -3.49. The minimum atomic E-state index is -0.251. The molecule has 2 aromatic carbocycles. The van der Waals surface area contributed by atoms with E-state index in [4.69, 9.17) is 25.8 Å². The van der Waals surface area contributed by atoms with Gasteiger partial charge in [-0.25, -0.2) is 4.98 Å². The van der Waals surface area contributed by atoms with Gasteiger partial charge >= 0.3 is 0 Å². The predicted octanol–water partition coefficient (Wildman–Crippen LogP) is 4.48. The number of ether oxygens (including phenoxy) is 3. The molecule has 190 valence electrons. The molecular formula is C27H31ClN4O4. The van der Waals surface area contributed by atoms with Gasteiger partial charge in [0.05, 0.1) is 26.1 Å². The van der Waals surface area contributed by atoms with Crippen molar-refractivity contribution in [3.8, 4) is 17.2 Å². The molecule has 1 fully saturated rings. The first-order valence-corrected chi connectivity index (χ1v) is 12.2. The van der Waals surface area contributed by atoms with E-state index in [0.717, 1.165) is 62.0 Å². The highest BCUT2D eigenvalue weighted by Crippen LogP contribution is 2.24. The van der Waals surface area contributed by atoms with Crippen LogP contribution in [0.4, 0.5) is 11.5 Å². The lowest BCUT2D eigenvalue weighted by atomic mass is 10.2. The molecule has 9 heteroatoms. The van der Waals surface area contributed by atoms with Crippen LogP contribution < -0.4 is 24.4 Å². The van der Waals surface area contributed by atoms with Crippen LogP contribution in [0.15, 0.2) is 60.8 Å². The van der Waals surface area contributed by atoms with Gasteiger partial charge in [-0.3, -0.25) is 9.69 Å². The summed E-state index contributed by atoms with van der Waals surface area (Å²) >= 11 is 5.86. The zero-order chi connectivity index (χ0) is 25.3. The summed E-state index contributed by atoms with van der Waals surface area (Å²) in [7, 11) is 3.34. The standard InChI is InChI=1S/C27H31ClN4O4/c1-34-24-14-20(15-25(16-24)35-2)18-31-10-3-11-32(13-12-31)26-9-6-22(17-29-26)30-27(33)19-36-23-7-4-21(28)5-8-23/h4-9,14-17H,3,10-13,18-19H2,1-2H3,(H,30,33). The van der Waals surface area contributed by atoms with E-state index in [1.165, 1.54) is 0 Å². The number of hydrogen-bond acceptors (Lipinski definition) is 7. The maximum absolute atomic E-state index is 12.2. The van der Waals surface area contributed by atoms with Gasteiger partial charge in [0, 0.05) is 43.8 Å². The van der Waals surface area contributed by atoms with E-state index in [0.29, 0.717) is 16.5 Å². The first-order chi connectivity index (χ1) is 17.5. The molecule has 0 spiro atoms. The van der Waals surface area contributed by atoms with E-state index >= 15 is 0 Å². The SMILES string of the molecule is COc1cc(CN2CCCN(c3ccc(NC(=O)COc4ccc(Cl)cc4)cn3)CC2)cc(OC)c1. The molecule has 3 aromatic rings. The second-order valence-electron chi connectivity index (χ2n) is 8.53. The first kappa shape index (κ1) is 25.6. The zero-order valence-corrected chi connectivity index (χ0v) is 21.3. The fourth-order valence-electron chi connectivity index (χ4n) is 4.10. The van der Waals surface area contributed by atoms with Crippen molar-refractivity contribution < 1.29 is 19.0 Å². The topological polar surface area (TPSA) is 76.2 Å². The summed E-state index contributed by atoms with van der Waals surface area (Å²) < 4.78 is 16.3. The Bertz CT molecular complexity index is 1120. The van der Waals surface area contributed by atoms with Crippen molar-refractivity contribution in [1.29, 1.82) is 0 Å². The molecule has 1 aliphatic rings. The van der Waals surface area contributed by atoms with Crippen molar-refractivity contribution in [2.24, 2.45) is 0 Å². The lowest BCUT2D eigenvalue weighted by molar-refractivity contribution is -0.118. The molecule has 1 amide bonds. The number of carbonyl (C=O) groups excluding carboxylic acids is 1.